The lowest BCUT2D eigenvalue weighted by Gasteiger charge is -2.23. The molecule has 7 heteroatoms. The second-order valence-corrected chi connectivity index (χ2v) is 8.25. The summed E-state index contributed by atoms with van der Waals surface area (Å²) in [5.74, 6) is 0.933. The minimum Gasteiger partial charge on any atom is -0.354 e. The molecule has 21 heavy (non-hydrogen) atoms. The van der Waals surface area contributed by atoms with Gasteiger partial charge in [0.1, 0.15) is 6.04 Å². The molecule has 1 atom stereocenters. The Balaban J connectivity index is 2.17. The summed E-state index contributed by atoms with van der Waals surface area (Å²) in [7, 11) is -3.62. The van der Waals surface area contributed by atoms with Crippen LogP contribution in [0.1, 0.15) is 13.8 Å². The van der Waals surface area contributed by atoms with E-state index in [4.69, 9.17) is 0 Å². The maximum Gasteiger partial charge on any atom is 0.244 e. The average Bonchev–Trinajstić information content (AvgIpc) is 2.96. The monoisotopic (exact) mass is 328 g/mol. The fourth-order valence-corrected chi connectivity index (χ4v) is 5.19. The van der Waals surface area contributed by atoms with Crippen LogP contribution in [0.15, 0.2) is 35.2 Å². The van der Waals surface area contributed by atoms with Crippen LogP contribution in [0.25, 0.3) is 0 Å². The fraction of sp³-hybridized carbons (Fsp3) is 0.500. The second-order valence-electron chi connectivity index (χ2n) is 5.36. The minimum absolute atomic E-state index is 0.215. The molecule has 1 amide bonds. The lowest BCUT2D eigenvalue weighted by Crippen LogP contribution is -2.47. The van der Waals surface area contributed by atoms with Crippen LogP contribution in [0.5, 0.6) is 0 Å². The number of nitrogens with one attached hydrogen (secondary N) is 1. The number of carbonyl (C=O) groups excluding carboxylic acids is 1. The third-order valence-electron chi connectivity index (χ3n) is 3.18. The Hall–Kier alpha value is -1.05. The van der Waals surface area contributed by atoms with Crippen molar-refractivity contribution >= 4 is 27.7 Å². The zero-order chi connectivity index (χ0) is 15.5. The molecule has 0 saturated carbocycles. The predicted octanol–water partition coefficient (Wildman–Crippen LogP) is 1.52. The van der Waals surface area contributed by atoms with Gasteiger partial charge in [-0.1, -0.05) is 32.0 Å². The van der Waals surface area contributed by atoms with Gasteiger partial charge in [0.2, 0.25) is 15.9 Å². The highest BCUT2D eigenvalue weighted by Gasteiger charge is 2.39. The van der Waals surface area contributed by atoms with Gasteiger partial charge in [0, 0.05) is 12.3 Å². The Morgan fingerprint density at radius 2 is 2.05 bits per heavy atom. The molecule has 1 aliphatic heterocycles. The number of amides is 1. The van der Waals surface area contributed by atoms with E-state index < -0.39 is 16.1 Å². The molecule has 0 bridgehead atoms. The molecular weight excluding hydrogens is 308 g/mol. The third kappa shape index (κ3) is 3.78. The minimum atomic E-state index is -3.62. The van der Waals surface area contributed by atoms with E-state index in [1.807, 2.05) is 13.8 Å². The first kappa shape index (κ1) is 16.3. The smallest absolute Gasteiger partial charge is 0.244 e. The molecule has 1 aromatic carbocycles. The largest absolute Gasteiger partial charge is 0.354 e. The first-order chi connectivity index (χ1) is 9.93. The normalized spacial score (nSPS) is 19.9. The van der Waals surface area contributed by atoms with E-state index >= 15 is 0 Å². The molecule has 1 heterocycles. The molecule has 0 aliphatic carbocycles. The zero-order valence-electron chi connectivity index (χ0n) is 12.2. The molecule has 0 spiro atoms. The van der Waals surface area contributed by atoms with E-state index in [-0.39, 0.29) is 10.8 Å². The van der Waals surface area contributed by atoms with Crippen LogP contribution in [0, 0.1) is 5.92 Å². The Bertz CT molecular complexity index is 587. The van der Waals surface area contributed by atoms with E-state index in [9.17, 15) is 13.2 Å². The summed E-state index contributed by atoms with van der Waals surface area (Å²) in [6.45, 7) is 4.56. The maximum absolute atomic E-state index is 12.6. The van der Waals surface area contributed by atoms with Crippen molar-refractivity contribution in [2.75, 3.05) is 18.2 Å². The van der Waals surface area contributed by atoms with Crippen molar-refractivity contribution in [3.63, 3.8) is 0 Å². The van der Waals surface area contributed by atoms with Crippen LogP contribution < -0.4 is 5.32 Å². The quantitative estimate of drug-likeness (QED) is 0.890. The van der Waals surface area contributed by atoms with Crippen LogP contribution in [-0.2, 0) is 14.8 Å². The van der Waals surface area contributed by atoms with Gasteiger partial charge >= 0.3 is 0 Å². The molecule has 1 saturated heterocycles. The molecule has 1 aliphatic rings. The molecule has 2 rings (SSSR count). The summed E-state index contributed by atoms with van der Waals surface area (Å²) in [5, 5.41) is 2.82. The van der Waals surface area contributed by atoms with Gasteiger partial charge in [0.05, 0.1) is 10.8 Å². The Labute approximate surface area is 130 Å². The van der Waals surface area contributed by atoms with Crippen LogP contribution in [-0.4, -0.2) is 42.8 Å². The second kappa shape index (κ2) is 6.81. The Morgan fingerprint density at radius 3 is 2.67 bits per heavy atom. The highest BCUT2D eigenvalue weighted by Crippen LogP contribution is 2.28. The van der Waals surface area contributed by atoms with Crippen molar-refractivity contribution < 1.29 is 13.2 Å². The van der Waals surface area contributed by atoms with Gasteiger partial charge in [-0.25, -0.2) is 8.42 Å². The van der Waals surface area contributed by atoms with Crippen molar-refractivity contribution in [3.05, 3.63) is 30.3 Å². The lowest BCUT2D eigenvalue weighted by atomic mass is 10.2. The van der Waals surface area contributed by atoms with Gasteiger partial charge in [-0.15, -0.1) is 11.8 Å². The van der Waals surface area contributed by atoms with E-state index in [0.29, 0.717) is 24.1 Å². The number of thioether (sulfide) groups is 1. The van der Waals surface area contributed by atoms with Crippen LogP contribution in [0.4, 0.5) is 0 Å². The van der Waals surface area contributed by atoms with Gasteiger partial charge in [-0.2, -0.15) is 4.31 Å². The SMILES string of the molecule is CC(C)CNC(=O)[C@@H]1CSCN1S(=O)(=O)c1ccccc1. The number of hydrogen-bond acceptors (Lipinski definition) is 4. The summed E-state index contributed by atoms with van der Waals surface area (Å²) < 4.78 is 26.5. The molecule has 1 aromatic rings. The highest BCUT2D eigenvalue weighted by molar-refractivity contribution is 8.00. The molecule has 0 unspecified atom stereocenters. The van der Waals surface area contributed by atoms with Crippen LogP contribution >= 0.6 is 11.8 Å². The summed E-state index contributed by atoms with van der Waals surface area (Å²) in [4.78, 5) is 12.4. The number of rotatable bonds is 5. The summed E-state index contributed by atoms with van der Waals surface area (Å²) in [5.41, 5.74) is 0. The van der Waals surface area contributed by atoms with Crippen molar-refractivity contribution in [2.45, 2.75) is 24.8 Å². The van der Waals surface area contributed by atoms with Gasteiger partial charge < -0.3 is 5.32 Å². The van der Waals surface area contributed by atoms with Gasteiger partial charge in [0.25, 0.3) is 0 Å². The Kier molecular flexibility index (Phi) is 5.29. The molecule has 0 radical (unpaired) electrons. The van der Waals surface area contributed by atoms with E-state index in [2.05, 4.69) is 5.32 Å². The molecule has 0 aromatic heterocycles. The number of sulfonamides is 1. The standard InChI is InChI=1S/C14H20N2O3S2/c1-11(2)8-15-14(17)13-9-20-10-16(13)21(18,19)12-6-4-3-5-7-12/h3-7,11,13H,8-10H2,1-2H3,(H,15,17)/t13-/m0/s1. The van der Waals surface area contributed by atoms with Gasteiger partial charge in [-0.3, -0.25) is 4.79 Å². The maximum atomic E-state index is 12.6. The number of hydrogen-bond donors (Lipinski definition) is 1. The fourth-order valence-electron chi connectivity index (χ4n) is 2.02. The van der Waals surface area contributed by atoms with Gasteiger partial charge in [-0.05, 0) is 18.1 Å². The highest BCUT2D eigenvalue weighted by atomic mass is 32.2. The molecule has 1 N–H and O–H groups in total. The average molecular weight is 328 g/mol. The first-order valence-corrected chi connectivity index (χ1v) is 9.44. The van der Waals surface area contributed by atoms with Gasteiger partial charge in [0.15, 0.2) is 0 Å². The number of benzene rings is 1. The summed E-state index contributed by atoms with van der Waals surface area (Å²) in [6.07, 6.45) is 0. The van der Waals surface area contributed by atoms with E-state index in [0.717, 1.165) is 0 Å². The van der Waals surface area contributed by atoms with Crippen molar-refractivity contribution in [1.29, 1.82) is 0 Å². The van der Waals surface area contributed by atoms with Crippen LogP contribution in [0.2, 0.25) is 0 Å². The van der Waals surface area contributed by atoms with Crippen molar-refractivity contribution in [2.24, 2.45) is 5.92 Å². The van der Waals surface area contributed by atoms with E-state index in [1.165, 1.54) is 16.1 Å². The third-order valence-corrected chi connectivity index (χ3v) is 6.22. The summed E-state index contributed by atoms with van der Waals surface area (Å²) in [6, 6.07) is 7.63. The van der Waals surface area contributed by atoms with Crippen LogP contribution in [0.3, 0.4) is 0 Å². The number of nitrogens with zero attached hydrogens (tertiary/aromatic N) is 1. The molecule has 116 valence electrons. The first-order valence-electron chi connectivity index (χ1n) is 6.85. The molecule has 5 nitrogen and oxygen atoms in total. The van der Waals surface area contributed by atoms with E-state index in [1.54, 1.807) is 30.3 Å². The predicted molar refractivity (Wildman–Crippen MR) is 84.4 cm³/mol. The topological polar surface area (TPSA) is 66.5 Å². The number of carbonyl (C=O) groups is 1. The molecular formula is C14H20N2O3S2. The van der Waals surface area contributed by atoms with Crippen molar-refractivity contribution in [1.82, 2.24) is 9.62 Å². The lowest BCUT2D eigenvalue weighted by molar-refractivity contribution is -0.123. The van der Waals surface area contributed by atoms with Crippen molar-refractivity contribution in [3.8, 4) is 0 Å². The summed E-state index contributed by atoms with van der Waals surface area (Å²) >= 11 is 1.46. The zero-order valence-corrected chi connectivity index (χ0v) is 13.8. The Morgan fingerprint density at radius 1 is 1.38 bits per heavy atom. The molecule has 1 fully saturated rings.